The van der Waals surface area contributed by atoms with Crippen LogP contribution in [-0.4, -0.2) is 11.0 Å². The summed E-state index contributed by atoms with van der Waals surface area (Å²) in [5.74, 6) is -0.491. The van der Waals surface area contributed by atoms with E-state index in [2.05, 4.69) is 4.98 Å². The highest BCUT2D eigenvalue weighted by Gasteiger charge is 2.12. The third kappa shape index (κ3) is 3.23. The number of hydrogen-bond acceptors (Lipinski definition) is 4. The highest BCUT2D eigenvalue weighted by Crippen LogP contribution is 2.20. The molecule has 2 aromatic rings. The van der Waals surface area contributed by atoms with E-state index in [-0.39, 0.29) is 11.6 Å². The summed E-state index contributed by atoms with van der Waals surface area (Å²) < 4.78 is 5.19. The largest absolute Gasteiger partial charge is 0.456 e. The lowest BCUT2D eigenvalue weighted by atomic mass is 10.2. The Morgan fingerprint density at radius 2 is 2.21 bits per heavy atom. The molecule has 0 saturated carbocycles. The van der Waals surface area contributed by atoms with Gasteiger partial charge in [0, 0.05) is 11.9 Å². The minimum atomic E-state index is -0.491. The number of carbonyl (C=O) groups is 1. The second-order valence-corrected chi connectivity index (χ2v) is 4.49. The molecule has 5 heteroatoms. The zero-order valence-electron chi connectivity index (χ0n) is 10.4. The molecular formula is C14H13ClN2O2. The first-order valence-corrected chi connectivity index (χ1v) is 6.08. The van der Waals surface area contributed by atoms with E-state index >= 15 is 0 Å². The lowest BCUT2D eigenvalue weighted by molar-refractivity contribution is 0.0467. The molecule has 0 aliphatic carbocycles. The SMILES string of the molecule is Cc1cccnc1COC(=O)c1ccc(N)cc1Cl. The molecule has 19 heavy (non-hydrogen) atoms. The Morgan fingerprint density at radius 1 is 1.42 bits per heavy atom. The molecular weight excluding hydrogens is 264 g/mol. The predicted octanol–water partition coefficient (Wildman–Crippen LogP) is 2.98. The summed E-state index contributed by atoms with van der Waals surface area (Å²) in [6, 6.07) is 8.41. The third-order valence-corrected chi connectivity index (χ3v) is 2.98. The zero-order chi connectivity index (χ0) is 13.8. The second kappa shape index (κ2) is 5.71. The molecule has 1 heterocycles. The van der Waals surface area contributed by atoms with Crippen molar-refractivity contribution in [1.82, 2.24) is 4.98 Å². The van der Waals surface area contributed by atoms with Crippen molar-refractivity contribution in [1.29, 1.82) is 0 Å². The van der Waals surface area contributed by atoms with Crippen molar-refractivity contribution in [2.45, 2.75) is 13.5 Å². The standard InChI is InChI=1S/C14H13ClN2O2/c1-9-3-2-6-17-13(9)8-19-14(18)11-5-4-10(16)7-12(11)15/h2-7H,8,16H2,1H3. The van der Waals surface area contributed by atoms with Crippen molar-refractivity contribution in [2.75, 3.05) is 5.73 Å². The molecule has 4 nitrogen and oxygen atoms in total. The summed E-state index contributed by atoms with van der Waals surface area (Å²) in [5.41, 5.74) is 8.06. The first-order valence-electron chi connectivity index (χ1n) is 5.70. The van der Waals surface area contributed by atoms with Gasteiger partial charge in [0.2, 0.25) is 0 Å². The lowest BCUT2D eigenvalue weighted by Crippen LogP contribution is -2.08. The van der Waals surface area contributed by atoms with E-state index in [1.54, 1.807) is 18.3 Å². The number of nitrogens with zero attached hydrogens (tertiary/aromatic N) is 1. The van der Waals surface area contributed by atoms with E-state index < -0.39 is 5.97 Å². The maximum atomic E-state index is 11.9. The monoisotopic (exact) mass is 276 g/mol. The summed E-state index contributed by atoms with van der Waals surface area (Å²) >= 11 is 5.94. The molecule has 0 aliphatic heterocycles. The highest BCUT2D eigenvalue weighted by atomic mass is 35.5. The van der Waals surface area contributed by atoms with Gasteiger partial charge < -0.3 is 10.5 Å². The van der Waals surface area contributed by atoms with Gasteiger partial charge in [-0.05, 0) is 36.8 Å². The van der Waals surface area contributed by atoms with Crippen LogP contribution in [0.3, 0.4) is 0 Å². The maximum absolute atomic E-state index is 11.9. The van der Waals surface area contributed by atoms with E-state index in [0.717, 1.165) is 11.3 Å². The molecule has 1 aromatic carbocycles. The van der Waals surface area contributed by atoms with Gasteiger partial charge in [-0.25, -0.2) is 4.79 Å². The lowest BCUT2D eigenvalue weighted by Gasteiger charge is -2.08. The number of rotatable bonds is 3. The zero-order valence-corrected chi connectivity index (χ0v) is 11.1. The fourth-order valence-corrected chi connectivity index (χ4v) is 1.84. The van der Waals surface area contributed by atoms with Crippen LogP contribution in [0.2, 0.25) is 5.02 Å². The van der Waals surface area contributed by atoms with Crippen LogP contribution in [-0.2, 0) is 11.3 Å². The molecule has 0 radical (unpaired) electrons. The molecule has 0 atom stereocenters. The number of pyridine rings is 1. The van der Waals surface area contributed by atoms with Gasteiger partial charge in [0.15, 0.2) is 0 Å². The molecule has 0 aliphatic rings. The molecule has 2 N–H and O–H groups in total. The molecule has 98 valence electrons. The van der Waals surface area contributed by atoms with Crippen molar-refractivity contribution in [3.63, 3.8) is 0 Å². The quantitative estimate of drug-likeness (QED) is 0.691. The molecule has 0 saturated heterocycles. The number of nitrogen functional groups attached to an aromatic ring is 1. The number of carbonyl (C=O) groups excluding carboxylic acids is 1. The Hall–Kier alpha value is -2.07. The number of esters is 1. The summed E-state index contributed by atoms with van der Waals surface area (Å²) in [5, 5.41) is 0.280. The third-order valence-electron chi connectivity index (χ3n) is 2.67. The van der Waals surface area contributed by atoms with Crippen LogP contribution in [0.25, 0.3) is 0 Å². The van der Waals surface area contributed by atoms with Gasteiger partial charge in [0.25, 0.3) is 0 Å². The van der Waals surface area contributed by atoms with Gasteiger partial charge in [0.05, 0.1) is 16.3 Å². The number of aryl methyl sites for hydroxylation is 1. The molecule has 2 rings (SSSR count). The van der Waals surface area contributed by atoms with Crippen LogP contribution >= 0.6 is 11.6 Å². The van der Waals surface area contributed by atoms with Gasteiger partial charge in [-0.15, -0.1) is 0 Å². The number of benzene rings is 1. The van der Waals surface area contributed by atoms with Crippen molar-refractivity contribution in [2.24, 2.45) is 0 Å². The summed E-state index contributed by atoms with van der Waals surface area (Å²) in [6.07, 6.45) is 1.66. The highest BCUT2D eigenvalue weighted by molar-refractivity contribution is 6.33. The van der Waals surface area contributed by atoms with Crippen molar-refractivity contribution in [3.8, 4) is 0 Å². The fourth-order valence-electron chi connectivity index (χ4n) is 1.58. The minimum Gasteiger partial charge on any atom is -0.456 e. The van der Waals surface area contributed by atoms with Crippen LogP contribution in [0.5, 0.6) is 0 Å². The second-order valence-electron chi connectivity index (χ2n) is 4.08. The normalized spacial score (nSPS) is 10.2. The first kappa shape index (κ1) is 13.4. The number of ether oxygens (including phenoxy) is 1. The number of halogens is 1. The Kier molecular flexibility index (Phi) is 4.02. The molecule has 0 unspecified atom stereocenters. The van der Waals surface area contributed by atoms with E-state index in [0.29, 0.717) is 11.3 Å². The summed E-state index contributed by atoms with van der Waals surface area (Å²) in [7, 11) is 0. The maximum Gasteiger partial charge on any atom is 0.340 e. The topological polar surface area (TPSA) is 65.2 Å². The molecule has 1 aromatic heterocycles. The Labute approximate surface area is 116 Å². The van der Waals surface area contributed by atoms with Crippen LogP contribution < -0.4 is 5.73 Å². The van der Waals surface area contributed by atoms with Crippen LogP contribution in [0, 0.1) is 6.92 Å². The minimum absolute atomic E-state index is 0.117. The average molecular weight is 277 g/mol. The number of anilines is 1. The van der Waals surface area contributed by atoms with Crippen molar-refractivity contribution >= 4 is 23.3 Å². The smallest absolute Gasteiger partial charge is 0.340 e. The van der Waals surface area contributed by atoms with E-state index in [1.807, 2.05) is 19.1 Å². The van der Waals surface area contributed by atoms with Crippen molar-refractivity contribution < 1.29 is 9.53 Å². The first-order chi connectivity index (χ1) is 9.08. The van der Waals surface area contributed by atoms with Gasteiger partial charge in [-0.3, -0.25) is 4.98 Å². The molecule has 0 spiro atoms. The summed E-state index contributed by atoms with van der Waals surface area (Å²) in [6.45, 7) is 2.03. The van der Waals surface area contributed by atoms with Crippen LogP contribution in [0.4, 0.5) is 5.69 Å². The van der Waals surface area contributed by atoms with Gasteiger partial charge in [-0.1, -0.05) is 17.7 Å². The van der Waals surface area contributed by atoms with E-state index in [1.165, 1.54) is 6.07 Å². The van der Waals surface area contributed by atoms with Crippen LogP contribution in [0.1, 0.15) is 21.6 Å². The average Bonchev–Trinajstić information content (AvgIpc) is 2.37. The number of hydrogen-bond donors (Lipinski definition) is 1. The Balaban J connectivity index is 2.08. The molecule has 0 fully saturated rings. The Morgan fingerprint density at radius 3 is 2.89 bits per heavy atom. The number of nitrogens with two attached hydrogens (primary N) is 1. The van der Waals surface area contributed by atoms with E-state index in [9.17, 15) is 4.79 Å². The molecule has 0 bridgehead atoms. The van der Waals surface area contributed by atoms with E-state index in [4.69, 9.17) is 22.1 Å². The van der Waals surface area contributed by atoms with Gasteiger partial charge in [0.1, 0.15) is 6.61 Å². The number of aromatic nitrogens is 1. The van der Waals surface area contributed by atoms with Crippen molar-refractivity contribution in [3.05, 3.63) is 58.4 Å². The predicted molar refractivity (Wildman–Crippen MR) is 74.0 cm³/mol. The van der Waals surface area contributed by atoms with Crippen LogP contribution in [0.15, 0.2) is 36.5 Å². The summed E-state index contributed by atoms with van der Waals surface area (Å²) in [4.78, 5) is 16.0. The molecule has 0 amide bonds. The van der Waals surface area contributed by atoms with Gasteiger partial charge >= 0.3 is 5.97 Å². The van der Waals surface area contributed by atoms with Gasteiger partial charge in [-0.2, -0.15) is 0 Å². The Bertz CT molecular complexity index is 614. The fraction of sp³-hybridized carbons (Fsp3) is 0.143.